The maximum atomic E-state index is 13.6. The molecule has 5 rings (SSSR count). The third kappa shape index (κ3) is 3.94. The summed E-state index contributed by atoms with van der Waals surface area (Å²) in [5, 5.41) is 1.39. The Bertz CT molecular complexity index is 1260. The second-order valence-electron chi connectivity index (χ2n) is 7.40. The summed E-state index contributed by atoms with van der Waals surface area (Å²) in [6, 6.07) is 12.8. The topological polar surface area (TPSA) is 52.4 Å². The molecule has 0 atom stereocenters. The minimum absolute atomic E-state index is 0.254. The molecule has 1 aliphatic rings. The zero-order chi connectivity index (χ0) is 21.4. The van der Waals surface area contributed by atoms with E-state index in [1.54, 1.807) is 19.4 Å². The molecule has 6 nitrogen and oxygen atoms in total. The fraction of sp³-hybridized carbons (Fsp3) is 0.217. The second kappa shape index (κ2) is 8.17. The highest BCUT2D eigenvalue weighted by Gasteiger charge is 2.20. The van der Waals surface area contributed by atoms with E-state index in [-0.39, 0.29) is 5.82 Å². The lowest BCUT2D eigenvalue weighted by atomic mass is 10.1. The fourth-order valence-corrected chi connectivity index (χ4v) is 4.20. The number of halogens is 2. The predicted octanol–water partition coefficient (Wildman–Crippen LogP) is 4.62. The van der Waals surface area contributed by atoms with Gasteiger partial charge in [0.15, 0.2) is 0 Å². The smallest absolute Gasteiger partial charge is 0.316 e. The van der Waals surface area contributed by atoms with Crippen LogP contribution in [-0.4, -0.2) is 39.7 Å². The third-order valence-electron chi connectivity index (χ3n) is 5.34. The molecule has 0 unspecified atom stereocenters. The highest BCUT2D eigenvalue weighted by Crippen LogP contribution is 2.35. The predicted molar refractivity (Wildman–Crippen MR) is 116 cm³/mol. The van der Waals surface area contributed by atoms with Gasteiger partial charge in [0, 0.05) is 48.7 Å². The van der Waals surface area contributed by atoms with Gasteiger partial charge in [-0.05, 0) is 42.5 Å². The summed E-state index contributed by atoms with van der Waals surface area (Å²) in [5.74, 6) is 0.450. The van der Waals surface area contributed by atoms with E-state index >= 15 is 0 Å². The molecule has 2 aromatic carbocycles. The Morgan fingerprint density at radius 3 is 2.97 bits per heavy atom. The second-order valence-corrected chi connectivity index (χ2v) is 7.81. The molecule has 0 fully saturated rings. The van der Waals surface area contributed by atoms with Crippen LogP contribution in [0.4, 0.5) is 4.39 Å². The number of nitrogens with zero attached hydrogens (tertiary/aromatic N) is 4. The molecular formula is C23H20ClFN4O2. The van der Waals surface area contributed by atoms with E-state index in [1.807, 2.05) is 29.0 Å². The van der Waals surface area contributed by atoms with Crippen molar-refractivity contribution in [1.82, 2.24) is 19.4 Å². The van der Waals surface area contributed by atoms with Gasteiger partial charge in [0.25, 0.3) is 0 Å². The Labute approximate surface area is 183 Å². The van der Waals surface area contributed by atoms with Gasteiger partial charge in [-0.15, -0.1) is 0 Å². The van der Waals surface area contributed by atoms with Gasteiger partial charge < -0.3 is 14.0 Å². The fourth-order valence-electron chi connectivity index (χ4n) is 3.91. The van der Waals surface area contributed by atoms with E-state index in [0.29, 0.717) is 36.5 Å². The van der Waals surface area contributed by atoms with Crippen molar-refractivity contribution in [2.24, 2.45) is 0 Å². The third-order valence-corrected chi connectivity index (χ3v) is 5.62. The Hall–Kier alpha value is -3.16. The Kier molecular flexibility index (Phi) is 5.21. The molecule has 8 heteroatoms. The van der Waals surface area contributed by atoms with Gasteiger partial charge in [0.2, 0.25) is 0 Å². The maximum absolute atomic E-state index is 13.6. The molecule has 0 aliphatic carbocycles. The Morgan fingerprint density at radius 2 is 2.10 bits per heavy atom. The molecule has 1 aliphatic heterocycles. The van der Waals surface area contributed by atoms with E-state index in [0.717, 1.165) is 34.4 Å². The van der Waals surface area contributed by atoms with Crippen LogP contribution < -0.4 is 9.47 Å². The molecule has 0 saturated heterocycles. The summed E-state index contributed by atoms with van der Waals surface area (Å²) in [7, 11) is 1.55. The standard InChI is InChI=1S/C23H20ClFN4O2/c1-30-23-26-6-4-18(27-23)14-28-8-9-31-22-16(13-28)11-19(12-20(22)24)29-7-5-15-10-17(25)2-3-21(15)29/h2-7,10-12H,8-9,13-14H2,1H3. The van der Waals surface area contributed by atoms with E-state index in [2.05, 4.69) is 20.9 Å². The summed E-state index contributed by atoms with van der Waals surface area (Å²) in [4.78, 5) is 10.7. The van der Waals surface area contributed by atoms with Crippen molar-refractivity contribution in [3.05, 3.63) is 77.0 Å². The summed E-state index contributed by atoms with van der Waals surface area (Å²) >= 11 is 6.61. The lowest BCUT2D eigenvalue weighted by Gasteiger charge is -2.19. The molecule has 0 saturated carbocycles. The number of methoxy groups -OCH3 is 1. The molecule has 3 heterocycles. The van der Waals surface area contributed by atoms with Crippen molar-refractivity contribution in [3.8, 4) is 17.4 Å². The zero-order valence-electron chi connectivity index (χ0n) is 16.9. The average molecular weight is 439 g/mol. The zero-order valence-corrected chi connectivity index (χ0v) is 17.6. The molecule has 0 radical (unpaired) electrons. The van der Waals surface area contributed by atoms with Crippen molar-refractivity contribution in [2.45, 2.75) is 13.1 Å². The Morgan fingerprint density at radius 1 is 1.19 bits per heavy atom. The molecule has 4 aromatic rings. The minimum Gasteiger partial charge on any atom is -0.490 e. The molecule has 0 bridgehead atoms. The van der Waals surface area contributed by atoms with E-state index in [9.17, 15) is 4.39 Å². The molecule has 158 valence electrons. The van der Waals surface area contributed by atoms with Gasteiger partial charge in [-0.2, -0.15) is 4.98 Å². The summed E-state index contributed by atoms with van der Waals surface area (Å²) in [6.07, 6.45) is 3.61. The van der Waals surface area contributed by atoms with E-state index in [1.165, 1.54) is 12.1 Å². The molecule has 0 spiro atoms. The van der Waals surface area contributed by atoms with Crippen molar-refractivity contribution in [3.63, 3.8) is 0 Å². The number of benzene rings is 2. The monoisotopic (exact) mass is 438 g/mol. The van der Waals surface area contributed by atoms with Crippen molar-refractivity contribution < 1.29 is 13.9 Å². The molecule has 0 amide bonds. The van der Waals surface area contributed by atoms with Crippen LogP contribution in [0.1, 0.15) is 11.3 Å². The average Bonchev–Trinajstić information content (AvgIpc) is 3.07. The highest BCUT2D eigenvalue weighted by molar-refractivity contribution is 6.32. The molecule has 31 heavy (non-hydrogen) atoms. The number of fused-ring (bicyclic) bond motifs is 2. The Balaban J connectivity index is 1.48. The van der Waals surface area contributed by atoms with Crippen LogP contribution in [0.25, 0.3) is 16.6 Å². The first-order valence-electron chi connectivity index (χ1n) is 9.91. The van der Waals surface area contributed by atoms with Crippen LogP contribution >= 0.6 is 11.6 Å². The summed E-state index contributed by atoms with van der Waals surface area (Å²) in [6.45, 7) is 2.55. The van der Waals surface area contributed by atoms with Crippen molar-refractivity contribution >= 4 is 22.5 Å². The lowest BCUT2D eigenvalue weighted by molar-refractivity contribution is 0.217. The number of hydrogen-bond donors (Lipinski definition) is 0. The van der Waals surface area contributed by atoms with Gasteiger partial charge in [0.05, 0.1) is 23.3 Å². The van der Waals surface area contributed by atoms with Gasteiger partial charge in [-0.25, -0.2) is 9.37 Å². The van der Waals surface area contributed by atoms with Gasteiger partial charge >= 0.3 is 6.01 Å². The normalized spacial score (nSPS) is 14.2. The number of hydrogen-bond acceptors (Lipinski definition) is 5. The van der Waals surface area contributed by atoms with E-state index in [4.69, 9.17) is 21.1 Å². The van der Waals surface area contributed by atoms with Gasteiger partial charge in [-0.3, -0.25) is 4.90 Å². The summed E-state index contributed by atoms with van der Waals surface area (Å²) in [5.41, 5.74) is 3.68. The first kappa shape index (κ1) is 19.8. The molecule has 0 N–H and O–H groups in total. The van der Waals surface area contributed by atoms with Crippen molar-refractivity contribution in [2.75, 3.05) is 20.3 Å². The van der Waals surface area contributed by atoms with E-state index < -0.39 is 0 Å². The van der Waals surface area contributed by atoms with Crippen LogP contribution in [0, 0.1) is 5.82 Å². The van der Waals surface area contributed by atoms with Crippen LogP contribution in [0.15, 0.2) is 54.9 Å². The molecule has 2 aromatic heterocycles. The largest absolute Gasteiger partial charge is 0.490 e. The lowest BCUT2D eigenvalue weighted by Crippen LogP contribution is -2.25. The summed E-state index contributed by atoms with van der Waals surface area (Å²) < 4.78 is 26.7. The number of ether oxygens (including phenoxy) is 2. The maximum Gasteiger partial charge on any atom is 0.316 e. The number of rotatable bonds is 4. The van der Waals surface area contributed by atoms with Crippen LogP contribution in [0.5, 0.6) is 11.8 Å². The SMILES string of the molecule is COc1nccc(CN2CCOc3c(Cl)cc(-n4ccc5cc(F)ccc54)cc3C2)n1. The van der Waals surface area contributed by atoms with Crippen LogP contribution in [0.3, 0.4) is 0 Å². The molecular weight excluding hydrogens is 419 g/mol. The quantitative estimate of drug-likeness (QED) is 0.465. The first-order valence-corrected chi connectivity index (χ1v) is 10.3. The van der Waals surface area contributed by atoms with Gasteiger partial charge in [-0.1, -0.05) is 11.6 Å². The minimum atomic E-state index is -0.254. The van der Waals surface area contributed by atoms with Crippen LogP contribution in [0.2, 0.25) is 5.02 Å². The number of aromatic nitrogens is 3. The van der Waals surface area contributed by atoms with Crippen molar-refractivity contribution in [1.29, 1.82) is 0 Å². The van der Waals surface area contributed by atoms with Gasteiger partial charge in [0.1, 0.15) is 18.2 Å². The highest BCUT2D eigenvalue weighted by atomic mass is 35.5. The first-order chi connectivity index (χ1) is 15.1. The van der Waals surface area contributed by atoms with Crippen LogP contribution in [-0.2, 0) is 13.1 Å².